The quantitative estimate of drug-likeness (QED) is 0.779. The smallest absolute Gasteiger partial charge is 0.251 e. The molecule has 1 N–H and O–H groups in total. The predicted octanol–water partition coefficient (Wildman–Crippen LogP) is 3.37. The maximum atomic E-state index is 12.4. The molecule has 0 spiro atoms. The summed E-state index contributed by atoms with van der Waals surface area (Å²) in [5.74, 6) is 0.0527. The second-order valence-electron chi connectivity index (χ2n) is 7.30. The molecule has 4 rings (SSSR count). The molecule has 0 fully saturated rings. The number of aryl methyl sites for hydroxylation is 1. The van der Waals surface area contributed by atoms with Crippen LogP contribution in [0.1, 0.15) is 44.6 Å². The Morgan fingerprint density at radius 2 is 2.04 bits per heavy atom. The lowest BCUT2D eigenvalue weighted by Crippen LogP contribution is -2.23. The highest BCUT2D eigenvalue weighted by Gasteiger charge is 2.20. The Bertz CT molecular complexity index is 1000. The van der Waals surface area contributed by atoms with Crippen LogP contribution in [0.4, 0.5) is 0 Å². The van der Waals surface area contributed by atoms with Gasteiger partial charge in [-0.25, -0.2) is 0 Å². The molecule has 3 heterocycles. The molecule has 138 valence electrons. The Hall–Kier alpha value is -2.95. The van der Waals surface area contributed by atoms with Gasteiger partial charge in [-0.1, -0.05) is 6.07 Å². The summed E-state index contributed by atoms with van der Waals surface area (Å²) in [6.07, 6.45) is 8.43. The maximum Gasteiger partial charge on any atom is 0.251 e. The topological polar surface area (TPSA) is 59.8 Å². The van der Waals surface area contributed by atoms with E-state index in [0.29, 0.717) is 0 Å². The van der Waals surface area contributed by atoms with E-state index in [1.807, 2.05) is 31.7 Å². The van der Waals surface area contributed by atoms with Crippen molar-refractivity contribution in [1.82, 2.24) is 20.1 Å². The number of nitrogens with zero attached hydrogens (tertiary/aromatic N) is 3. The van der Waals surface area contributed by atoms with Crippen molar-refractivity contribution in [2.24, 2.45) is 7.05 Å². The number of carbonyl (C=O) groups is 1. The number of pyridine rings is 1. The summed E-state index contributed by atoms with van der Waals surface area (Å²) in [4.78, 5) is 17.0. The molecule has 3 aromatic rings. The molecule has 0 unspecified atom stereocenters. The van der Waals surface area contributed by atoms with E-state index >= 15 is 0 Å². The van der Waals surface area contributed by atoms with Crippen LogP contribution in [0.15, 0.2) is 36.8 Å². The monoisotopic (exact) mass is 360 g/mol. The number of rotatable bonds is 3. The number of carbonyl (C=O) groups excluding carboxylic acids is 1. The van der Waals surface area contributed by atoms with Gasteiger partial charge >= 0.3 is 0 Å². The number of fused-ring (bicyclic) bond motifs is 1. The number of benzene rings is 1. The first-order valence-corrected chi connectivity index (χ1v) is 9.37. The third-order valence-corrected chi connectivity index (χ3v) is 5.49. The van der Waals surface area contributed by atoms with Gasteiger partial charge in [0.25, 0.3) is 5.91 Å². The van der Waals surface area contributed by atoms with Crippen LogP contribution in [0, 0.1) is 13.8 Å². The van der Waals surface area contributed by atoms with Crippen LogP contribution in [0.2, 0.25) is 0 Å². The molecule has 1 aromatic carbocycles. The summed E-state index contributed by atoms with van der Waals surface area (Å²) < 4.78 is 1.78. The zero-order valence-corrected chi connectivity index (χ0v) is 16.0. The van der Waals surface area contributed by atoms with Gasteiger partial charge in [-0.05, 0) is 73.1 Å². The van der Waals surface area contributed by atoms with Crippen molar-refractivity contribution < 1.29 is 4.79 Å². The highest BCUT2D eigenvalue weighted by Crippen LogP contribution is 2.27. The number of hydrogen-bond donors (Lipinski definition) is 1. The van der Waals surface area contributed by atoms with Crippen LogP contribution < -0.4 is 5.32 Å². The average molecular weight is 360 g/mol. The molecule has 1 amide bonds. The van der Waals surface area contributed by atoms with Gasteiger partial charge in [0, 0.05) is 37.1 Å². The molecule has 1 aliphatic rings. The van der Waals surface area contributed by atoms with Crippen LogP contribution in [0.5, 0.6) is 0 Å². The highest BCUT2D eigenvalue weighted by molar-refractivity contribution is 5.96. The molecule has 5 nitrogen and oxygen atoms in total. The summed E-state index contributed by atoms with van der Waals surface area (Å²) >= 11 is 0. The van der Waals surface area contributed by atoms with Crippen molar-refractivity contribution >= 4 is 5.91 Å². The van der Waals surface area contributed by atoms with Crippen LogP contribution >= 0.6 is 0 Å². The van der Waals surface area contributed by atoms with E-state index in [4.69, 9.17) is 0 Å². The van der Waals surface area contributed by atoms with E-state index < -0.39 is 0 Å². The molecule has 0 aliphatic carbocycles. The van der Waals surface area contributed by atoms with Crippen molar-refractivity contribution in [1.29, 1.82) is 0 Å². The third kappa shape index (κ3) is 3.37. The maximum absolute atomic E-state index is 12.4. The fraction of sp³-hybridized carbons (Fsp3) is 0.318. The van der Waals surface area contributed by atoms with Gasteiger partial charge in [-0.3, -0.25) is 14.5 Å². The van der Waals surface area contributed by atoms with E-state index in [2.05, 4.69) is 41.4 Å². The zero-order chi connectivity index (χ0) is 19.0. The van der Waals surface area contributed by atoms with E-state index in [1.54, 1.807) is 4.68 Å². The van der Waals surface area contributed by atoms with Gasteiger partial charge in [0.05, 0.1) is 11.9 Å². The lowest BCUT2D eigenvalue weighted by atomic mass is 9.89. The number of aromatic nitrogens is 3. The van der Waals surface area contributed by atoms with Gasteiger partial charge in [-0.15, -0.1) is 0 Å². The Labute approximate surface area is 159 Å². The van der Waals surface area contributed by atoms with Gasteiger partial charge < -0.3 is 5.32 Å². The minimum absolute atomic E-state index is 0.0527. The number of amides is 1. The largest absolute Gasteiger partial charge is 0.352 e. The van der Waals surface area contributed by atoms with Crippen molar-refractivity contribution in [3.05, 3.63) is 70.2 Å². The van der Waals surface area contributed by atoms with E-state index in [-0.39, 0.29) is 5.91 Å². The number of hydrogen-bond acceptors (Lipinski definition) is 3. The lowest BCUT2D eigenvalue weighted by molar-refractivity contribution is 0.0956. The molecule has 0 saturated carbocycles. The molecule has 0 atom stereocenters. The van der Waals surface area contributed by atoms with E-state index in [9.17, 15) is 4.79 Å². The van der Waals surface area contributed by atoms with Crippen molar-refractivity contribution in [3.8, 4) is 11.3 Å². The molecular formula is C22H24N4O. The standard InChI is InChI=1S/C22H24N4O/c1-14-15(2)19-5-4-8-23-22(27)20(19)10-17(14)9-16-6-7-21(24-11-16)18-12-25-26(3)13-18/h6-7,10-13H,4-5,8-9H2,1-3H3,(H,23,27). The molecule has 1 aliphatic heterocycles. The fourth-order valence-electron chi connectivity index (χ4n) is 3.78. The zero-order valence-electron chi connectivity index (χ0n) is 16.0. The molecular weight excluding hydrogens is 336 g/mol. The Balaban J connectivity index is 1.64. The molecule has 0 radical (unpaired) electrons. The summed E-state index contributed by atoms with van der Waals surface area (Å²) in [5.41, 5.74) is 8.83. The van der Waals surface area contributed by atoms with E-state index in [0.717, 1.165) is 48.2 Å². The van der Waals surface area contributed by atoms with Crippen LogP contribution in [0.25, 0.3) is 11.3 Å². The van der Waals surface area contributed by atoms with Crippen molar-refractivity contribution in [2.75, 3.05) is 6.54 Å². The van der Waals surface area contributed by atoms with E-state index in [1.165, 1.54) is 22.3 Å². The van der Waals surface area contributed by atoms with Gasteiger partial charge in [0.1, 0.15) is 0 Å². The predicted molar refractivity (Wildman–Crippen MR) is 106 cm³/mol. The first kappa shape index (κ1) is 17.5. The van der Waals surface area contributed by atoms with Gasteiger partial charge in [0.15, 0.2) is 0 Å². The minimum atomic E-state index is 0.0527. The fourth-order valence-corrected chi connectivity index (χ4v) is 3.78. The van der Waals surface area contributed by atoms with Crippen LogP contribution in [0.3, 0.4) is 0 Å². The summed E-state index contributed by atoms with van der Waals surface area (Å²) in [6, 6.07) is 6.22. The molecule has 0 saturated heterocycles. The first-order chi connectivity index (χ1) is 13.0. The van der Waals surface area contributed by atoms with Gasteiger partial charge in [0.2, 0.25) is 0 Å². The van der Waals surface area contributed by atoms with Crippen molar-refractivity contribution in [2.45, 2.75) is 33.1 Å². The van der Waals surface area contributed by atoms with Crippen LogP contribution in [-0.2, 0) is 19.9 Å². The average Bonchev–Trinajstić information content (AvgIpc) is 3.01. The summed E-state index contributed by atoms with van der Waals surface area (Å²) in [5, 5.41) is 7.21. The first-order valence-electron chi connectivity index (χ1n) is 9.37. The molecule has 0 bridgehead atoms. The molecule has 5 heteroatoms. The normalized spacial score (nSPS) is 13.8. The summed E-state index contributed by atoms with van der Waals surface area (Å²) in [7, 11) is 1.90. The Morgan fingerprint density at radius 3 is 2.74 bits per heavy atom. The SMILES string of the molecule is Cc1c(Cc2ccc(-c3cnn(C)c3)nc2)cc2c(c1C)CCCNC2=O. The second kappa shape index (κ2) is 6.99. The minimum Gasteiger partial charge on any atom is -0.352 e. The Kier molecular flexibility index (Phi) is 4.52. The van der Waals surface area contributed by atoms with Crippen molar-refractivity contribution in [3.63, 3.8) is 0 Å². The lowest BCUT2D eigenvalue weighted by Gasteiger charge is -2.16. The Morgan fingerprint density at radius 1 is 1.19 bits per heavy atom. The third-order valence-electron chi connectivity index (χ3n) is 5.49. The highest BCUT2D eigenvalue weighted by atomic mass is 16.1. The van der Waals surface area contributed by atoms with Crippen LogP contribution in [-0.4, -0.2) is 27.2 Å². The van der Waals surface area contributed by atoms with Gasteiger partial charge in [-0.2, -0.15) is 5.10 Å². The molecule has 27 heavy (non-hydrogen) atoms. The summed E-state index contributed by atoms with van der Waals surface area (Å²) in [6.45, 7) is 5.05. The number of nitrogens with one attached hydrogen (secondary N) is 1. The second-order valence-corrected chi connectivity index (χ2v) is 7.30. The molecule has 2 aromatic heterocycles.